The average molecular weight is 320 g/mol. The fourth-order valence-electron chi connectivity index (χ4n) is 6.60. The molecule has 1 saturated heterocycles. The lowest BCUT2D eigenvalue weighted by molar-refractivity contribution is -0.145. The maximum absolute atomic E-state index is 13.2. The predicted molar refractivity (Wildman–Crippen MR) is 88.1 cm³/mol. The Kier molecular flexibility index (Phi) is 3.60. The highest BCUT2D eigenvalue weighted by Gasteiger charge is 2.57. The first-order valence-corrected chi connectivity index (χ1v) is 9.27. The van der Waals surface area contributed by atoms with E-state index in [1.54, 1.807) is 11.8 Å². The van der Waals surface area contributed by atoms with Crippen molar-refractivity contribution in [2.75, 3.05) is 6.54 Å². The van der Waals surface area contributed by atoms with E-state index in [9.17, 15) is 14.8 Å². The van der Waals surface area contributed by atoms with Crippen molar-refractivity contribution in [3.63, 3.8) is 0 Å². The Morgan fingerprint density at radius 2 is 1.70 bits per heavy atom. The van der Waals surface area contributed by atoms with Gasteiger partial charge in [0.05, 0.1) is 11.5 Å². The van der Waals surface area contributed by atoms with Gasteiger partial charge in [0, 0.05) is 6.54 Å². The molecule has 0 radical (unpaired) electrons. The molecule has 0 spiro atoms. The molecule has 0 aromatic carbocycles. The van der Waals surface area contributed by atoms with Gasteiger partial charge >= 0.3 is 7.12 Å². The third kappa shape index (κ3) is 2.29. The van der Waals surface area contributed by atoms with Crippen LogP contribution in [-0.2, 0) is 4.79 Å². The number of rotatable bonds is 3. The van der Waals surface area contributed by atoms with Gasteiger partial charge < -0.3 is 20.7 Å². The Morgan fingerprint density at radius 3 is 2.17 bits per heavy atom. The summed E-state index contributed by atoms with van der Waals surface area (Å²) in [7, 11) is -1.50. The standard InChI is InChI=1S/C17H29BN2O3/c1-16(18(22)23)3-2-4-20(16)15(21)14(19)17-8-11-5-12(9-17)7-13(6-11)10-17/h11-14,22-23H,2-10,19H2,1H3. The summed E-state index contributed by atoms with van der Waals surface area (Å²) in [4.78, 5) is 14.8. The Labute approximate surface area is 138 Å². The second-order valence-electron chi connectivity index (χ2n) is 9.08. The minimum absolute atomic E-state index is 0.0320. The van der Waals surface area contributed by atoms with Crippen LogP contribution in [0.15, 0.2) is 0 Å². The van der Waals surface area contributed by atoms with Gasteiger partial charge in [-0.05, 0) is 81.5 Å². The fourth-order valence-corrected chi connectivity index (χ4v) is 6.60. The van der Waals surface area contributed by atoms with Gasteiger partial charge in [-0.1, -0.05) is 0 Å². The summed E-state index contributed by atoms with van der Waals surface area (Å²) >= 11 is 0. The average Bonchev–Trinajstić information content (AvgIpc) is 2.87. The maximum Gasteiger partial charge on any atom is 0.478 e. The van der Waals surface area contributed by atoms with E-state index in [0.29, 0.717) is 13.0 Å². The Bertz CT molecular complexity index is 477. The molecule has 4 aliphatic carbocycles. The smallest absolute Gasteiger partial charge is 0.426 e. The molecule has 5 rings (SSSR count). The van der Waals surface area contributed by atoms with E-state index in [1.165, 1.54) is 19.3 Å². The first-order chi connectivity index (χ1) is 10.8. The molecule has 6 heteroatoms. The fraction of sp³-hybridized carbons (Fsp3) is 0.941. The second-order valence-corrected chi connectivity index (χ2v) is 9.08. The van der Waals surface area contributed by atoms with Crippen molar-refractivity contribution >= 4 is 13.0 Å². The summed E-state index contributed by atoms with van der Waals surface area (Å²) in [5.74, 6) is 2.22. The lowest BCUT2D eigenvalue weighted by Crippen LogP contribution is -2.64. The number of likely N-dealkylation sites (tertiary alicyclic amines) is 1. The van der Waals surface area contributed by atoms with Gasteiger partial charge in [0.25, 0.3) is 0 Å². The molecule has 0 aromatic heterocycles. The van der Waals surface area contributed by atoms with Crippen LogP contribution in [0.2, 0.25) is 0 Å². The molecule has 1 aliphatic heterocycles. The van der Waals surface area contributed by atoms with Crippen LogP contribution in [0.25, 0.3) is 0 Å². The lowest BCUT2D eigenvalue weighted by Gasteiger charge is -2.59. The molecule has 5 aliphatic rings. The van der Waals surface area contributed by atoms with Crippen molar-refractivity contribution in [1.82, 2.24) is 4.90 Å². The predicted octanol–water partition coefficient (Wildman–Crippen LogP) is 0.923. The molecule has 2 atom stereocenters. The van der Waals surface area contributed by atoms with E-state index < -0.39 is 18.6 Å². The van der Waals surface area contributed by atoms with Crippen LogP contribution >= 0.6 is 0 Å². The van der Waals surface area contributed by atoms with Gasteiger partial charge in [-0.2, -0.15) is 0 Å². The van der Waals surface area contributed by atoms with Crippen molar-refractivity contribution in [3.8, 4) is 0 Å². The van der Waals surface area contributed by atoms with Crippen molar-refractivity contribution < 1.29 is 14.8 Å². The summed E-state index contributed by atoms with van der Waals surface area (Å²) in [6, 6.07) is -0.480. The summed E-state index contributed by atoms with van der Waals surface area (Å²) in [5, 5.41) is 19.5. The molecule has 0 aromatic rings. The largest absolute Gasteiger partial charge is 0.478 e. The SMILES string of the molecule is CC1(B(O)O)CCCN1C(=O)C(N)C12CC3CC(CC(C3)C1)C2. The topological polar surface area (TPSA) is 86.8 Å². The van der Waals surface area contributed by atoms with Crippen LogP contribution in [0.3, 0.4) is 0 Å². The van der Waals surface area contributed by atoms with Gasteiger partial charge in [0.1, 0.15) is 0 Å². The minimum atomic E-state index is -1.50. The van der Waals surface area contributed by atoms with E-state index in [0.717, 1.165) is 43.4 Å². The van der Waals surface area contributed by atoms with E-state index in [-0.39, 0.29) is 11.3 Å². The maximum atomic E-state index is 13.2. The lowest BCUT2D eigenvalue weighted by atomic mass is 9.47. The molecular formula is C17H29BN2O3. The Hall–Kier alpha value is -0.585. The number of carbonyl (C=O) groups is 1. The van der Waals surface area contributed by atoms with Gasteiger partial charge in [0.15, 0.2) is 0 Å². The van der Waals surface area contributed by atoms with Crippen LogP contribution in [0.4, 0.5) is 0 Å². The van der Waals surface area contributed by atoms with Crippen LogP contribution < -0.4 is 5.73 Å². The summed E-state index contributed by atoms with van der Waals surface area (Å²) in [6.45, 7) is 2.36. The van der Waals surface area contributed by atoms with E-state index >= 15 is 0 Å². The van der Waals surface area contributed by atoms with E-state index in [4.69, 9.17) is 5.73 Å². The Balaban J connectivity index is 1.57. The molecule has 1 amide bonds. The molecular weight excluding hydrogens is 291 g/mol. The zero-order valence-electron chi connectivity index (χ0n) is 14.1. The number of amides is 1. The number of nitrogens with two attached hydrogens (primary N) is 1. The van der Waals surface area contributed by atoms with Gasteiger partial charge in [-0.15, -0.1) is 0 Å². The van der Waals surface area contributed by atoms with E-state index in [2.05, 4.69) is 0 Å². The second kappa shape index (κ2) is 5.20. The third-order valence-electron chi connectivity index (χ3n) is 7.51. The van der Waals surface area contributed by atoms with Gasteiger partial charge in [-0.3, -0.25) is 4.79 Å². The van der Waals surface area contributed by atoms with Gasteiger partial charge in [0.2, 0.25) is 5.91 Å². The quantitative estimate of drug-likeness (QED) is 0.675. The summed E-state index contributed by atoms with van der Waals surface area (Å²) in [5.41, 5.74) is 5.65. The van der Waals surface area contributed by atoms with Crippen molar-refractivity contribution in [1.29, 1.82) is 0 Å². The Morgan fingerprint density at radius 1 is 1.17 bits per heavy atom. The third-order valence-corrected chi connectivity index (χ3v) is 7.51. The molecule has 23 heavy (non-hydrogen) atoms. The van der Waals surface area contributed by atoms with Crippen molar-refractivity contribution in [2.45, 2.75) is 69.8 Å². The van der Waals surface area contributed by atoms with Crippen LogP contribution in [0, 0.1) is 23.2 Å². The molecule has 4 saturated carbocycles. The first kappa shape index (κ1) is 15.9. The number of hydrogen-bond acceptors (Lipinski definition) is 4. The molecule has 4 N–H and O–H groups in total. The van der Waals surface area contributed by atoms with E-state index in [1.807, 2.05) is 0 Å². The van der Waals surface area contributed by atoms with Crippen LogP contribution in [-0.4, -0.2) is 46.0 Å². The number of nitrogens with zero attached hydrogens (tertiary/aromatic N) is 1. The summed E-state index contributed by atoms with van der Waals surface area (Å²) in [6.07, 6.45) is 8.72. The zero-order valence-corrected chi connectivity index (χ0v) is 14.1. The molecule has 5 nitrogen and oxygen atoms in total. The van der Waals surface area contributed by atoms with Crippen LogP contribution in [0.5, 0.6) is 0 Å². The zero-order chi connectivity index (χ0) is 16.4. The molecule has 1 heterocycles. The monoisotopic (exact) mass is 320 g/mol. The normalized spacial score (nSPS) is 46.3. The number of carbonyl (C=O) groups excluding carboxylic acids is 1. The highest BCUT2D eigenvalue weighted by molar-refractivity contribution is 6.46. The first-order valence-electron chi connectivity index (χ1n) is 9.27. The van der Waals surface area contributed by atoms with Crippen LogP contribution in [0.1, 0.15) is 58.3 Å². The van der Waals surface area contributed by atoms with Gasteiger partial charge in [-0.25, -0.2) is 0 Å². The highest BCUT2D eigenvalue weighted by atomic mass is 16.4. The molecule has 4 bridgehead atoms. The molecule has 128 valence electrons. The molecule has 2 unspecified atom stereocenters. The highest BCUT2D eigenvalue weighted by Crippen LogP contribution is 2.61. The molecule has 5 fully saturated rings. The minimum Gasteiger partial charge on any atom is -0.426 e. The summed E-state index contributed by atoms with van der Waals surface area (Å²) < 4.78 is 0. The van der Waals surface area contributed by atoms with Crippen molar-refractivity contribution in [2.24, 2.45) is 28.9 Å². The van der Waals surface area contributed by atoms with Crippen molar-refractivity contribution in [3.05, 3.63) is 0 Å². The number of hydrogen-bond donors (Lipinski definition) is 3.